The topological polar surface area (TPSA) is 136 Å². The lowest BCUT2D eigenvalue weighted by Gasteiger charge is -2.14. The molecule has 0 unspecified atom stereocenters. The highest BCUT2D eigenvalue weighted by molar-refractivity contribution is 7.85. The smallest absolute Gasteiger partial charge is 0.294 e. The summed E-state index contributed by atoms with van der Waals surface area (Å²) >= 11 is 0. The summed E-state index contributed by atoms with van der Waals surface area (Å²) in [5.41, 5.74) is 5.64. The molecule has 1 saturated heterocycles. The number of ether oxygens (including phenoxy) is 2. The number of aryl methyl sites for hydroxylation is 1. The van der Waals surface area contributed by atoms with Gasteiger partial charge in [0.2, 0.25) is 5.88 Å². The quantitative estimate of drug-likeness (QED) is 0.314. The molecule has 11 heteroatoms. The zero-order chi connectivity index (χ0) is 27.7. The van der Waals surface area contributed by atoms with Gasteiger partial charge in [-0.3, -0.25) is 14.0 Å². The van der Waals surface area contributed by atoms with Crippen molar-refractivity contribution in [2.45, 2.75) is 31.2 Å². The van der Waals surface area contributed by atoms with Crippen LogP contribution in [0, 0.1) is 13.8 Å². The molecule has 2 aromatic carbocycles. The molecule has 5 aromatic rings. The summed E-state index contributed by atoms with van der Waals surface area (Å²) in [6.45, 7) is 5.37. The van der Waals surface area contributed by atoms with Crippen molar-refractivity contribution in [3.63, 3.8) is 0 Å². The molecule has 39 heavy (non-hydrogen) atoms. The molecule has 1 aliphatic heterocycles. The number of aromatic amines is 1. The summed E-state index contributed by atoms with van der Waals surface area (Å²) in [5.74, 6) is 0.606. The first kappa shape index (κ1) is 26.5. The van der Waals surface area contributed by atoms with Crippen molar-refractivity contribution < 1.29 is 22.4 Å². The average Bonchev–Trinajstić information content (AvgIpc) is 3.60. The highest BCUT2D eigenvalue weighted by atomic mass is 32.2. The Morgan fingerprint density at radius 1 is 1.10 bits per heavy atom. The number of hydrogen-bond acceptors (Lipinski definition) is 7. The minimum atomic E-state index is -4.00. The molecule has 0 amide bonds. The number of pyridine rings is 2. The first-order valence-electron chi connectivity index (χ1n) is 12.3. The molecular weight excluding hydrogens is 520 g/mol. The number of methoxy groups -OCH3 is 1. The predicted octanol–water partition coefficient (Wildman–Crippen LogP) is 4.46. The van der Waals surface area contributed by atoms with Crippen molar-refractivity contribution in [3.05, 3.63) is 82.4 Å². The van der Waals surface area contributed by atoms with Gasteiger partial charge in [-0.25, -0.2) is 4.98 Å². The number of nitrogens with zero attached hydrogens (tertiary/aromatic N) is 3. The molecule has 202 valence electrons. The van der Waals surface area contributed by atoms with E-state index in [0.29, 0.717) is 17.9 Å². The van der Waals surface area contributed by atoms with Crippen LogP contribution in [-0.4, -0.2) is 53.0 Å². The van der Waals surface area contributed by atoms with E-state index in [4.69, 9.17) is 14.0 Å². The number of rotatable bonds is 4. The number of H-pyrrole nitrogens is 1. The van der Waals surface area contributed by atoms with Gasteiger partial charge in [-0.05, 0) is 55.2 Å². The fourth-order valence-corrected chi connectivity index (χ4v) is 5.45. The summed E-state index contributed by atoms with van der Waals surface area (Å²) in [7, 11) is -2.38. The van der Waals surface area contributed by atoms with Crippen LogP contribution >= 0.6 is 0 Å². The highest BCUT2D eigenvalue weighted by Crippen LogP contribution is 2.34. The fourth-order valence-electron chi connectivity index (χ4n) is 4.95. The summed E-state index contributed by atoms with van der Waals surface area (Å²) in [4.78, 5) is 20.0. The number of benzene rings is 2. The molecule has 2 N–H and O–H groups in total. The monoisotopic (exact) mass is 548 g/mol. The molecular formula is C28H28N4O6S. The second-order valence-corrected chi connectivity index (χ2v) is 10.7. The molecule has 10 nitrogen and oxygen atoms in total. The maximum absolute atomic E-state index is 12.7. The van der Waals surface area contributed by atoms with Gasteiger partial charge in [0.15, 0.2) is 0 Å². The number of aromatic nitrogens is 4. The van der Waals surface area contributed by atoms with Gasteiger partial charge in [0.25, 0.3) is 15.7 Å². The second kappa shape index (κ2) is 10.6. The molecule has 1 aliphatic rings. The minimum absolute atomic E-state index is 0.0741. The Labute approximate surface area is 225 Å². The first-order valence-corrected chi connectivity index (χ1v) is 13.8. The van der Waals surface area contributed by atoms with E-state index in [2.05, 4.69) is 27.2 Å². The fraction of sp³-hybridized carbons (Fsp3) is 0.250. The van der Waals surface area contributed by atoms with Gasteiger partial charge in [0, 0.05) is 23.8 Å². The summed E-state index contributed by atoms with van der Waals surface area (Å²) in [6.07, 6.45) is 4.37. The van der Waals surface area contributed by atoms with Crippen LogP contribution in [0.3, 0.4) is 0 Å². The largest absolute Gasteiger partial charge is 0.481 e. The Balaban J connectivity index is 0.000000261. The summed E-state index contributed by atoms with van der Waals surface area (Å²) < 4.78 is 42.1. The number of fused-ring (bicyclic) bond motifs is 3. The Morgan fingerprint density at radius 3 is 2.51 bits per heavy atom. The van der Waals surface area contributed by atoms with Crippen LogP contribution in [-0.2, 0) is 14.9 Å². The van der Waals surface area contributed by atoms with Gasteiger partial charge >= 0.3 is 0 Å². The van der Waals surface area contributed by atoms with Gasteiger partial charge in [-0.15, -0.1) is 0 Å². The zero-order valence-electron chi connectivity index (χ0n) is 21.7. The molecule has 4 heterocycles. The Hall–Kier alpha value is -4.06. The van der Waals surface area contributed by atoms with Gasteiger partial charge < -0.3 is 14.5 Å². The SMILES string of the molecule is COc1ncc(C)c(-c2ccc3c(c2)[nH]c(=O)c2cnn([C@H]4CCOC4)c23)c1C.O=S(=O)(O)c1ccccc1. The average molecular weight is 549 g/mol. The zero-order valence-corrected chi connectivity index (χ0v) is 22.5. The molecule has 0 spiro atoms. The molecule has 0 bridgehead atoms. The Kier molecular flexibility index (Phi) is 7.21. The molecule has 1 atom stereocenters. The van der Waals surface area contributed by atoms with E-state index in [1.807, 2.05) is 30.8 Å². The van der Waals surface area contributed by atoms with E-state index in [9.17, 15) is 13.2 Å². The lowest BCUT2D eigenvalue weighted by atomic mass is 9.96. The van der Waals surface area contributed by atoms with E-state index >= 15 is 0 Å². The van der Waals surface area contributed by atoms with E-state index in [1.165, 1.54) is 12.1 Å². The molecule has 0 aliphatic carbocycles. The molecule has 0 saturated carbocycles. The van der Waals surface area contributed by atoms with E-state index in [1.54, 1.807) is 31.5 Å². The number of nitrogens with one attached hydrogen (secondary N) is 1. The van der Waals surface area contributed by atoms with E-state index in [0.717, 1.165) is 51.7 Å². The van der Waals surface area contributed by atoms with E-state index < -0.39 is 10.1 Å². The van der Waals surface area contributed by atoms with Crippen LogP contribution in [0.25, 0.3) is 32.9 Å². The molecule has 3 aromatic heterocycles. The van der Waals surface area contributed by atoms with Gasteiger partial charge in [0.05, 0.1) is 47.3 Å². The van der Waals surface area contributed by atoms with Crippen molar-refractivity contribution in [2.75, 3.05) is 20.3 Å². The van der Waals surface area contributed by atoms with Crippen LogP contribution in [0.15, 0.2) is 70.6 Å². The van der Waals surface area contributed by atoms with Gasteiger partial charge in [-0.1, -0.05) is 30.3 Å². The third-order valence-corrected chi connectivity index (χ3v) is 7.67. The maximum Gasteiger partial charge on any atom is 0.294 e. The maximum atomic E-state index is 12.7. The lowest BCUT2D eigenvalue weighted by molar-refractivity contribution is 0.185. The standard InChI is InChI=1S/C22H22N4O3.C6H6O3S/c1-12-9-23-22(28-3)13(2)19(12)14-4-5-16-18(8-14)25-21(27)17-10-24-26(20(16)17)15-6-7-29-11-15;7-10(8,9)6-4-2-1-3-5-6/h4-5,8-10,15H,6-7,11H2,1-3H3,(H,25,27);1-5H,(H,7,8,9)/t15-;/m0./s1. The molecule has 6 rings (SSSR count). The van der Waals surface area contributed by atoms with Crippen LogP contribution in [0.4, 0.5) is 0 Å². The van der Waals surface area contributed by atoms with Crippen LogP contribution < -0.4 is 10.3 Å². The van der Waals surface area contributed by atoms with Crippen molar-refractivity contribution in [1.82, 2.24) is 19.7 Å². The summed E-state index contributed by atoms with van der Waals surface area (Å²) in [5, 5.41) is 6.09. The second-order valence-electron chi connectivity index (χ2n) is 9.32. The normalized spacial score (nSPS) is 15.3. The van der Waals surface area contributed by atoms with Crippen molar-refractivity contribution in [3.8, 4) is 17.0 Å². The first-order chi connectivity index (χ1) is 18.7. The van der Waals surface area contributed by atoms with Crippen molar-refractivity contribution in [1.29, 1.82) is 0 Å². The minimum Gasteiger partial charge on any atom is -0.481 e. The van der Waals surface area contributed by atoms with Crippen LogP contribution in [0.2, 0.25) is 0 Å². The predicted molar refractivity (Wildman–Crippen MR) is 148 cm³/mol. The van der Waals surface area contributed by atoms with Crippen molar-refractivity contribution in [2.24, 2.45) is 0 Å². The Bertz CT molecular complexity index is 1820. The van der Waals surface area contributed by atoms with Crippen LogP contribution in [0.5, 0.6) is 5.88 Å². The Morgan fingerprint density at radius 2 is 1.87 bits per heavy atom. The van der Waals surface area contributed by atoms with Crippen molar-refractivity contribution >= 4 is 31.9 Å². The third kappa shape index (κ3) is 5.16. The summed E-state index contributed by atoms with van der Waals surface area (Å²) in [6, 6.07) is 13.7. The lowest BCUT2D eigenvalue weighted by Crippen LogP contribution is -2.12. The van der Waals surface area contributed by atoms with Crippen LogP contribution in [0.1, 0.15) is 23.6 Å². The molecule has 1 fully saturated rings. The molecule has 0 radical (unpaired) electrons. The van der Waals surface area contributed by atoms with Gasteiger partial charge in [0.1, 0.15) is 0 Å². The highest BCUT2D eigenvalue weighted by Gasteiger charge is 2.23. The number of hydrogen-bond donors (Lipinski definition) is 2. The van der Waals surface area contributed by atoms with Gasteiger partial charge in [-0.2, -0.15) is 13.5 Å². The third-order valence-electron chi connectivity index (χ3n) is 6.80. The van der Waals surface area contributed by atoms with E-state index in [-0.39, 0.29) is 16.5 Å².